The van der Waals surface area contributed by atoms with Gasteiger partial charge in [-0.3, -0.25) is 15.0 Å². The van der Waals surface area contributed by atoms with Gasteiger partial charge in [-0.2, -0.15) is 0 Å². The molecule has 0 aliphatic carbocycles. The van der Waals surface area contributed by atoms with E-state index in [4.69, 9.17) is 0 Å². The molecule has 0 spiro atoms. The molecule has 0 saturated carbocycles. The minimum Gasteiger partial charge on any atom is -0.380 e. The zero-order valence-electron chi connectivity index (χ0n) is 13.2. The van der Waals surface area contributed by atoms with Gasteiger partial charge in [0.25, 0.3) is 5.69 Å². The van der Waals surface area contributed by atoms with Gasteiger partial charge < -0.3 is 5.32 Å². The van der Waals surface area contributed by atoms with Crippen molar-refractivity contribution in [1.29, 1.82) is 0 Å². The Balaban J connectivity index is 2.07. The molecule has 1 N–H and O–H groups in total. The Labute approximate surface area is 126 Å². The van der Waals surface area contributed by atoms with E-state index in [2.05, 4.69) is 24.1 Å². The molecule has 0 aromatic heterocycles. The van der Waals surface area contributed by atoms with E-state index in [0.717, 1.165) is 25.2 Å². The summed E-state index contributed by atoms with van der Waals surface area (Å²) in [5.41, 5.74) is 2.22. The van der Waals surface area contributed by atoms with Gasteiger partial charge in [-0.25, -0.2) is 0 Å². The van der Waals surface area contributed by atoms with Gasteiger partial charge >= 0.3 is 0 Å². The number of likely N-dealkylation sites (tertiary alicyclic amines) is 1. The number of hydrogen-bond donors (Lipinski definition) is 1. The van der Waals surface area contributed by atoms with Crippen LogP contribution in [0, 0.1) is 15.5 Å². The fourth-order valence-corrected chi connectivity index (χ4v) is 2.74. The van der Waals surface area contributed by atoms with Crippen molar-refractivity contribution in [1.82, 2.24) is 4.90 Å². The maximum Gasteiger partial charge on any atom is 0.292 e. The average Bonchev–Trinajstić information content (AvgIpc) is 2.43. The lowest BCUT2D eigenvalue weighted by Gasteiger charge is -2.36. The molecule has 1 aliphatic rings. The first-order valence-corrected chi connectivity index (χ1v) is 7.65. The third kappa shape index (κ3) is 4.17. The SMILES string of the molecule is CCNc1ccc(CN2CCC(C)(C)CC2)cc1[N+](=O)[O-]. The molecule has 1 fully saturated rings. The first kappa shape index (κ1) is 15.8. The number of hydrogen-bond acceptors (Lipinski definition) is 4. The minimum absolute atomic E-state index is 0.173. The largest absolute Gasteiger partial charge is 0.380 e. The van der Waals surface area contributed by atoms with E-state index < -0.39 is 0 Å². The monoisotopic (exact) mass is 291 g/mol. The predicted molar refractivity (Wildman–Crippen MR) is 85.6 cm³/mol. The Morgan fingerprint density at radius 3 is 2.57 bits per heavy atom. The lowest BCUT2D eigenvalue weighted by molar-refractivity contribution is -0.384. The van der Waals surface area contributed by atoms with E-state index in [1.54, 1.807) is 6.07 Å². The molecule has 0 amide bonds. The maximum atomic E-state index is 11.2. The number of rotatable bonds is 5. The van der Waals surface area contributed by atoms with Crippen molar-refractivity contribution >= 4 is 11.4 Å². The van der Waals surface area contributed by atoms with Gasteiger partial charge in [0.1, 0.15) is 5.69 Å². The normalized spacial score (nSPS) is 18.4. The highest BCUT2D eigenvalue weighted by molar-refractivity contribution is 5.62. The van der Waals surface area contributed by atoms with Crippen LogP contribution < -0.4 is 5.32 Å². The number of anilines is 1. The highest BCUT2D eigenvalue weighted by Gasteiger charge is 2.25. The second-order valence-electron chi connectivity index (χ2n) is 6.58. The first-order valence-electron chi connectivity index (χ1n) is 7.65. The second kappa shape index (κ2) is 6.43. The molecule has 1 aliphatic heterocycles. The van der Waals surface area contributed by atoms with E-state index in [1.807, 2.05) is 19.1 Å². The van der Waals surface area contributed by atoms with Crippen molar-refractivity contribution in [2.24, 2.45) is 5.41 Å². The highest BCUT2D eigenvalue weighted by Crippen LogP contribution is 2.31. The Kier molecular flexibility index (Phi) is 4.83. The molecule has 1 heterocycles. The highest BCUT2D eigenvalue weighted by atomic mass is 16.6. The molecule has 0 unspecified atom stereocenters. The Bertz CT molecular complexity index is 504. The number of nitrogens with one attached hydrogen (secondary N) is 1. The summed E-state index contributed by atoms with van der Waals surface area (Å²) in [7, 11) is 0. The lowest BCUT2D eigenvalue weighted by atomic mass is 9.82. The number of nitrogens with zero attached hydrogens (tertiary/aromatic N) is 2. The van der Waals surface area contributed by atoms with Gasteiger partial charge in [0.2, 0.25) is 0 Å². The van der Waals surface area contributed by atoms with Crippen molar-refractivity contribution in [3.05, 3.63) is 33.9 Å². The van der Waals surface area contributed by atoms with Crippen molar-refractivity contribution in [2.75, 3.05) is 25.0 Å². The summed E-state index contributed by atoms with van der Waals surface area (Å²) < 4.78 is 0. The standard InChI is InChI=1S/C16H25N3O2/c1-4-17-14-6-5-13(11-15(14)19(20)21)12-18-9-7-16(2,3)8-10-18/h5-6,11,17H,4,7-10,12H2,1-3H3. The summed E-state index contributed by atoms with van der Waals surface area (Å²) in [6.45, 7) is 10.2. The van der Waals surface area contributed by atoms with Crippen LogP contribution in [-0.4, -0.2) is 29.5 Å². The van der Waals surface area contributed by atoms with Crippen LogP contribution in [0.2, 0.25) is 0 Å². The fraction of sp³-hybridized carbons (Fsp3) is 0.625. The molecule has 1 aromatic rings. The Hall–Kier alpha value is -1.62. The van der Waals surface area contributed by atoms with Gasteiger partial charge in [0, 0.05) is 19.2 Å². The van der Waals surface area contributed by atoms with Crippen LogP contribution in [0.5, 0.6) is 0 Å². The van der Waals surface area contributed by atoms with Crippen molar-refractivity contribution in [3.63, 3.8) is 0 Å². The summed E-state index contributed by atoms with van der Waals surface area (Å²) >= 11 is 0. The van der Waals surface area contributed by atoms with E-state index in [1.165, 1.54) is 12.8 Å². The second-order valence-corrected chi connectivity index (χ2v) is 6.58. The molecule has 1 aromatic carbocycles. The molecule has 0 radical (unpaired) electrons. The van der Waals surface area contributed by atoms with E-state index in [9.17, 15) is 10.1 Å². The van der Waals surface area contributed by atoms with Crippen LogP contribution in [-0.2, 0) is 6.54 Å². The van der Waals surface area contributed by atoms with Crippen molar-refractivity contribution in [2.45, 2.75) is 40.2 Å². The van der Waals surface area contributed by atoms with E-state index >= 15 is 0 Å². The number of nitro groups is 1. The van der Waals surface area contributed by atoms with Crippen LogP contribution >= 0.6 is 0 Å². The van der Waals surface area contributed by atoms with Crippen LogP contribution in [0.1, 0.15) is 39.2 Å². The van der Waals surface area contributed by atoms with Gasteiger partial charge in [0.05, 0.1) is 4.92 Å². The molecule has 5 heteroatoms. The van der Waals surface area contributed by atoms with Crippen molar-refractivity contribution < 1.29 is 4.92 Å². The molecule has 0 atom stereocenters. The van der Waals surface area contributed by atoms with Gasteiger partial charge in [-0.05, 0) is 49.9 Å². The third-order valence-electron chi connectivity index (χ3n) is 4.24. The van der Waals surface area contributed by atoms with Crippen LogP contribution in [0.25, 0.3) is 0 Å². The first-order chi connectivity index (χ1) is 9.91. The summed E-state index contributed by atoms with van der Waals surface area (Å²) in [4.78, 5) is 13.3. The fourth-order valence-electron chi connectivity index (χ4n) is 2.74. The topological polar surface area (TPSA) is 58.4 Å². The number of nitro benzene ring substituents is 1. The van der Waals surface area contributed by atoms with Crippen LogP contribution in [0.15, 0.2) is 18.2 Å². The number of piperidine rings is 1. The smallest absolute Gasteiger partial charge is 0.292 e. The lowest BCUT2D eigenvalue weighted by Crippen LogP contribution is -2.36. The molecular formula is C16H25N3O2. The molecule has 2 rings (SSSR count). The van der Waals surface area contributed by atoms with Crippen LogP contribution in [0.4, 0.5) is 11.4 Å². The Morgan fingerprint density at radius 2 is 2.00 bits per heavy atom. The molecule has 116 valence electrons. The number of benzene rings is 1. The van der Waals surface area contributed by atoms with Gasteiger partial charge in [0.15, 0.2) is 0 Å². The van der Waals surface area contributed by atoms with Crippen LogP contribution in [0.3, 0.4) is 0 Å². The van der Waals surface area contributed by atoms with E-state index in [-0.39, 0.29) is 10.6 Å². The predicted octanol–water partition coefficient (Wildman–Crippen LogP) is 3.65. The van der Waals surface area contributed by atoms with E-state index in [0.29, 0.717) is 17.6 Å². The average molecular weight is 291 g/mol. The summed E-state index contributed by atoms with van der Waals surface area (Å²) in [5, 5.41) is 14.2. The minimum atomic E-state index is -0.305. The Morgan fingerprint density at radius 1 is 1.33 bits per heavy atom. The van der Waals surface area contributed by atoms with Crippen molar-refractivity contribution in [3.8, 4) is 0 Å². The maximum absolute atomic E-state index is 11.2. The molecule has 1 saturated heterocycles. The molecule has 5 nitrogen and oxygen atoms in total. The zero-order valence-corrected chi connectivity index (χ0v) is 13.2. The molecule has 21 heavy (non-hydrogen) atoms. The summed E-state index contributed by atoms with van der Waals surface area (Å²) in [6.07, 6.45) is 2.37. The summed E-state index contributed by atoms with van der Waals surface area (Å²) in [6, 6.07) is 5.52. The zero-order chi connectivity index (χ0) is 15.5. The third-order valence-corrected chi connectivity index (χ3v) is 4.24. The van der Waals surface area contributed by atoms with Gasteiger partial charge in [-0.15, -0.1) is 0 Å². The van der Waals surface area contributed by atoms with Gasteiger partial charge in [-0.1, -0.05) is 19.9 Å². The quantitative estimate of drug-likeness (QED) is 0.664. The summed E-state index contributed by atoms with van der Waals surface area (Å²) in [5.74, 6) is 0. The molecule has 0 bridgehead atoms. The molecular weight excluding hydrogens is 266 g/mol.